The summed E-state index contributed by atoms with van der Waals surface area (Å²) in [5.41, 5.74) is 9.79. The second-order valence-electron chi connectivity index (χ2n) is 2.63. The van der Waals surface area contributed by atoms with Gasteiger partial charge in [0, 0.05) is 0 Å². The topological polar surface area (TPSA) is 98.2 Å². The molecule has 5 nitrogen and oxygen atoms in total. The minimum atomic E-state index is -0.734. The van der Waals surface area contributed by atoms with Crippen LogP contribution in [-0.2, 0) is 4.79 Å². The average Bonchev–Trinajstić information content (AvgIpc) is 1.81. The summed E-state index contributed by atoms with van der Waals surface area (Å²) in [7, 11) is 0. The first-order valence-corrected chi connectivity index (χ1v) is 3.30. The lowest BCUT2D eigenvalue weighted by molar-refractivity contribution is -0.120. The summed E-state index contributed by atoms with van der Waals surface area (Å²) in [6.07, 6.45) is 0. The number of urea groups is 1. The molecule has 0 aliphatic rings. The first-order chi connectivity index (χ1) is 4.95. The van der Waals surface area contributed by atoms with Gasteiger partial charge in [-0.3, -0.25) is 4.79 Å². The van der Waals surface area contributed by atoms with Gasteiger partial charge in [0.15, 0.2) is 0 Å². The Hall–Kier alpha value is -1.26. The first-order valence-electron chi connectivity index (χ1n) is 3.30. The fourth-order valence-electron chi connectivity index (χ4n) is 0.720. The SMILES string of the molecule is CC(C)[C@H](NC(N)=O)C(N)=O. The van der Waals surface area contributed by atoms with Crippen LogP contribution >= 0.6 is 0 Å². The maximum atomic E-state index is 10.6. The fraction of sp³-hybridized carbons (Fsp3) is 0.667. The molecule has 64 valence electrons. The molecule has 0 rings (SSSR count). The predicted molar refractivity (Wildman–Crippen MR) is 40.5 cm³/mol. The molecule has 0 radical (unpaired) electrons. The smallest absolute Gasteiger partial charge is 0.312 e. The summed E-state index contributed by atoms with van der Waals surface area (Å²) in [4.78, 5) is 21.0. The quantitative estimate of drug-likeness (QED) is 0.500. The molecule has 0 spiro atoms. The molecule has 0 aromatic heterocycles. The van der Waals surface area contributed by atoms with E-state index in [1.807, 2.05) is 0 Å². The van der Waals surface area contributed by atoms with Gasteiger partial charge in [-0.25, -0.2) is 4.79 Å². The van der Waals surface area contributed by atoms with Crippen LogP contribution in [0.25, 0.3) is 0 Å². The van der Waals surface area contributed by atoms with E-state index in [0.29, 0.717) is 0 Å². The van der Waals surface area contributed by atoms with Crippen molar-refractivity contribution in [2.24, 2.45) is 17.4 Å². The molecule has 0 bridgehead atoms. The molecule has 0 saturated heterocycles. The highest BCUT2D eigenvalue weighted by molar-refractivity contribution is 5.85. The Labute approximate surface area is 65.1 Å². The third kappa shape index (κ3) is 3.44. The minimum Gasteiger partial charge on any atom is -0.368 e. The third-order valence-corrected chi connectivity index (χ3v) is 1.27. The lowest BCUT2D eigenvalue weighted by atomic mass is 10.0. The second kappa shape index (κ2) is 3.80. The average molecular weight is 159 g/mol. The Morgan fingerprint density at radius 1 is 1.27 bits per heavy atom. The normalized spacial score (nSPS) is 12.6. The molecule has 0 aromatic rings. The van der Waals surface area contributed by atoms with Gasteiger partial charge in [-0.1, -0.05) is 13.8 Å². The molecule has 3 amide bonds. The molecular weight excluding hydrogens is 146 g/mol. The lowest BCUT2D eigenvalue weighted by Gasteiger charge is -2.16. The van der Waals surface area contributed by atoms with Crippen molar-refractivity contribution in [1.29, 1.82) is 0 Å². The molecule has 1 atom stereocenters. The molecule has 0 aliphatic carbocycles. The zero-order valence-corrected chi connectivity index (χ0v) is 6.63. The van der Waals surface area contributed by atoms with Gasteiger partial charge in [0.1, 0.15) is 6.04 Å². The maximum absolute atomic E-state index is 10.6. The van der Waals surface area contributed by atoms with E-state index in [1.54, 1.807) is 13.8 Å². The Morgan fingerprint density at radius 3 is 1.82 bits per heavy atom. The third-order valence-electron chi connectivity index (χ3n) is 1.27. The number of nitrogens with one attached hydrogen (secondary N) is 1. The summed E-state index contributed by atoms with van der Waals surface area (Å²) in [5, 5.41) is 2.24. The van der Waals surface area contributed by atoms with Crippen LogP contribution in [0.5, 0.6) is 0 Å². The summed E-state index contributed by atoms with van der Waals surface area (Å²) >= 11 is 0. The van der Waals surface area contributed by atoms with Gasteiger partial charge in [0.25, 0.3) is 0 Å². The Balaban J connectivity index is 4.12. The Morgan fingerprint density at radius 2 is 1.73 bits per heavy atom. The van der Waals surface area contributed by atoms with Gasteiger partial charge in [-0.2, -0.15) is 0 Å². The minimum absolute atomic E-state index is 0.0417. The summed E-state index contributed by atoms with van der Waals surface area (Å²) in [6, 6.07) is -1.41. The van der Waals surface area contributed by atoms with E-state index in [1.165, 1.54) is 0 Å². The van der Waals surface area contributed by atoms with E-state index in [4.69, 9.17) is 11.5 Å². The first kappa shape index (κ1) is 9.74. The van der Waals surface area contributed by atoms with Crippen LogP contribution < -0.4 is 16.8 Å². The number of primary amides is 2. The standard InChI is InChI=1S/C6H13N3O2/c1-3(2)4(5(7)10)9-6(8)11/h3-4H,1-2H3,(H2,7,10)(H3,8,9,11)/t4-/m0/s1. The molecular formula is C6H13N3O2. The Bertz CT molecular complexity index is 167. The van der Waals surface area contributed by atoms with E-state index in [2.05, 4.69) is 5.32 Å². The monoisotopic (exact) mass is 159 g/mol. The second-order valence-corrected chi connectivity index (χ2v) is 2.63. The van der Waals surface area contributed by atoms with Crippen molar-refractivity contribution in [2.45, 2.75) is 19.9 Å². The summed E-state index contributed by atoms with van der Waals surface area (Å²) in [5.74, 6) is -0.612. The highest BCUT2D eigenvalue weighted by Crippen LogP contribution is 1.99. The predicted octanol–water partition coefficient (Wildman–Crippen LogP) is -0.835. The molecule has 0 heterocycles. The molecule has 11 heavy (non-hydrogen) atoms. The number of rotatable bonds is 3. The molecule has 0 fully saturated rings. The van der Waals surface area contributed by atoms with Crippen molar-refractivity contribution in [3.05, 3.63) is 0 Å². The van der Waals surface area contributed by atoms with Crippen LogP contribution in [-0.4, -0.2) is 18.0 Å². The van der Waals surface area contributed by atoms with Gasteiger partial charge in [-0.15, -0.1) is 0 Å². The van der Waals surface area contributed by atoms with Crippen LogP contribution in [0.4, 0.5) is 4.79 Å². The van der Waals surface area contributed by atoms with Crippen LogP contribution in [0, 0.1) is 5.92 Å². The fourth-order valence-corrected chi connectivity index (χ4v) is 0.720. The van der Waals surface area contributed by atoms with Gasteiger partial charge < -0.3 is 16.8 Å². The van der Waals surface area contributed by atoms with Gasteiger partial charge in [0.05, 0.1) is 0 Å². The number of hydrogen-bond acceptors (Lipinski definition) is 2. The summed E-state index contributed by atoms with van der Waals surface area (Å²) in [6.45, 7) is 3.54. The number of carbonyl (C=O) groups is 2. The number of carbonyl (C=O) groups excluding carboxylic acids is 2. The van der Waals surface area contributed by atoms with Crippen LogP contribution in [0.2, 0.25) is 0 Å². The maximum Gasteiger partial charge on any atom is 0.312 e. The van der Waals surface area contributed by atoms with Crippen molar-refractivity contribution in [3.63, 3.8) is 0 Å². The van der Waals surface area contributed by atoms with Crippen molar-refractivity contribution in [1.82, 2.24) is 5.32 Å². The van der Waals surface area contributed by atoms with Gasteiger partial charge >= 0.3 is 6.03 Å². The molecule has 0 aliphatic heterocycles. The zero-order chi connectivity index (χ0) is 9.02. The largest absolute Gasteiger partial charge is 0.368 e. The van der Waals surface area contributed by atoms with E-state index < -0.39 is 18.0 Å². The van der Waals surface area contributed by atoms with Gasteiger partial charge in [-0.05, 0) is 5.92 Å². The van der Waals surface area contributed by atoms with E-state index in [-0.39, 0.29) is 5.92 Å². The lowest BCUT2D eigenvalue weighted by Crippen LogP contribution is -2.49. The highest BCUT2D eigenvalue weighted by Gasteiger charge is 2.19. The van der Waals surface area contributed by atoms with Crippen LogP contribution in [0.3, 0.4) is 0 Å². The zero-order valence-electron chi connectivity index (χ0n) is 6.63. The molecule has 5 heteroatoms. The molecule has 0 unspecified atom stereocenters. The van der Waals surface area contributed by atoms with E-state index >= 15 is 0 Å². The van der Waals surface area contributed by atoms with E-state index in [9.17, 15) is 9.59 Å². The molecule has 0 saturated carbocycles. The van der Waals surface area contributed by atoms with Crippen molar-refractivity contribution in [3.8, 4) is 0 Å². The molecule has 0 aromatic carbocycles. The number of hydrogen-bond donors (Lipinski definition) is 3. The summed E-state index contributed by atoms with van der Waals surface area (Å²) < 4.78 is 0. The number of nitrogens with two attached hydrogens (primary N) is 2. The number of amides is 3. The van der Waals surface area contributed by atoms with Crippen molar-refractivity contribution < 1.29 is 9.59 Å². The van der Waals surface area contributed by atoms with Crippen LogP contribution in [0.15, 0.2) is 0 Å². The van der Waals surface area contributed by atoms with Crippen molar-refractivity contribution in [2.75, 3.05) is 0 Å². The highest BCUT2D eigenvalue weighted by atomic mass is 16.2. The van der Waals surface area contributed by atoms with Crippen LogP contribution in [0.1, 0.15) is 13.8 Å². The van der Waals surface area contributed by atoms with E-state index in [0.717, 1.165) is 0 Å². The Kier molecular flexibility index (Phi) is 3.36. The van der Waals surface area contributed by atoms with Crippen molar-refractivity contribution >= 4 is 11.9 Å². The molecule has 5 N–H and O–H groups in total. The van der Waals surface area contributed by atoms with Gasteiger partial charge in [0.2, 0.25) is 5.91 Å².